The van der Waals surface area contributed by atoms with Gasteiger partial charge in [-0.15, -0.1) is 0 Å². The molecule has 0 unspecified atom stereocenters. The molecule has 0 aliphatic carbocycles. The molecule has 1 aromatic rings. The van der Waals surface area contributed by atoms with Crippen LogP contribution in [0.15, 0.2) is 30.3 Å². The van der Waals surface area contributed by atoms with Crippen LogP contribution in [0.25, 0.3) is 0 Å². The molecule has 0 atom stereocenters. The molecular formula is C10H15NO2. The Morgan fingerprint density at radius 1 is 1.31 bits per heavy atom. The first-order chi connectivity index (χ1) is 6.43. The summed E-state index contributed by atoms with van der Waals surface area (Å²) in [4.78, 5) is 9.93. The van der Waals surface area contributed by atoms with E-state index in [0.29, 0.717) is 6.54 Å². The van der Waals surface area contributed by atoms with Gasteiger partial charge in [-0.25, -0.2) is 0 Å². The zero-order valence-corrected chi connectivity index (χ0v) is 7.73. The molecule has 0 aliphatic heterocycles. The van der Waals surface area contributed by atoms with Crippen LogP contribution in [0.2, 0.25) is 0 Å². The van der Waals surface area contributed by atoms with E-state index in [-0.39, 0.29) is 0 Å². The summed E-state index contributed by atoms with van der Waals surface area (Å²) in [6.45, 7) is 1.19. The molecule has 0 saturated heterocycles. The largest absolute Gasteiger partial charge is 0.400 e. The Hall–Kier alpha value is -1.19. The second-order valence-electron chi connectivity index (χ2n) is 2.28. The summed E-state index contributed by atoms with van der Waals surface area (Å²) in [6.07, 6.45) is 0.864. The molecule has 72 valence electrons. The number of carbonyl (C=O) groups excluding carboxylic acids is 1. The molecule has 0 radical (unpaired) electrons. The number of carbonyl (C=O) groups is 1. The maximum absolute atomic E-state index is 9.93. The van der Waals surface area contributed by atoms with Crippen LogP contribution < -0.4 is 5.32 Å². The number of hydrogen-bond donors (Lipinski definition) is 2. The number of benzene rings is 1. The zero-order valence-electron chi connectivity index (χ0n) is 7.73. The SMILES string of the molecule is CO.O=CCNCc1ccccc1. The van der Waals surface area contributed by atoms with E-state index in [1.165, 1.54) is 5.56 Å². The van der Waals surface area contributed by atoms with Crippen molar-refractivity contribution in [2.75, 3.05) is 13.7 Å². The number of aldehydes is 1. The van der Waals surface area contributed by atoms with Crippen molar-refractivity contribution in [3.8, 4) is 0 Å². The van der Waals surface area contributed by atoms with Gasteiger partial charge in [-0.05, 0) is 5.56 Å². The minimum atomic E-state index is 0.425. The van der Waals surface area contributed by atoms with Crippen LogP contribution in [0, 0.1) is 0 Å². The fourth-order valence-electron chi connectivity index (χ4n) is 0.871. The number of nitrogens with one attached hydrogen (secondary N) is 1. The summed E-state index contributed by atoms with van der Waals surface area (Å²) in [5, 5.41) is 9.98. The van der Waals surface area contributed by atoms with E-state index >= 15 is 0 Å². The van der Waals surface area contributed by atoms with Crippen molar-refractivity contribution in [3.05, 3.63) is 35.9 Å². The molecule has 0 heterocycles. The molecule has 0 fully saturated rings. The third kappa shape index (κ3) is 6.02. The standard InChI is InChI=1S/C9H11NO.CH4O/c11-7-6-10-8-9-4-2-1-3-5-9;1-2/h1-5,7,10H,6,8H2;2H,1H3. The van der Waals surface area contributed by atoms with E-state index in [0.717, 1.165) is 19.9 Å². The van der Waals surface area contributed by atoms with E-state index in [2.05, 4.69) is 5.32 Å². The lowest BCUT2D eigenvalue weighted by molar-refractivity contribution is -0.107. The summed E-state index contributed by atoms with van der Waals surface area (Å²) in [5.74, 6) is 0. The van der Waals surface area contributed by atoms with Crippen LogP contribution in [0.4, 0.5) is 0 Å². The second kappa shape index (κ2) is 8.90. The molecule has 0 aliphatic rings. The number of aliphatic hydroxyl groups excluding tert-OH is 1. The average molecular weight is 181 g/mol. The summed E-state index contributed by atoms with van der Waals surface area (Å²) in [7, 11) is 1.00. The topological polar surface area (TPSA) is 49.3 Å². The fraction of sp³-hybridized carbons (Fsp3) is 0.300. The number of aliphatic hydroxyl groups is 1. The van der Waals surface area contributed by atoms with Gasteiger partial charge in [-0.1, -0.05) is 30.3 Å². The van der Waals surface area contributed by atoms with E-state index in [9.17, 15) is 4.79 Å². The average Bonchev–Trinajstić information content (AvgIpc) is 2.23. The van der Waals surface area contributed by atoms with Crippen LogP contribution >= 0.6 is 0 Å². The summed E-state index contributed by atoms with van der Waals surface area (Å²) >= 11 is 0. The molecule has 2 N–H and O–H groups in total. The highest BCUT2D eigenvalue weighted by atomic mass is 16.2. The van der Waals surface area contributed by atoms with Crippen LogP contribution in [0.5, 0.6) is 0 Å². The molecule has 3 heteroatoms. The number of rotatable bonds is 4. The molecule has 0 bridgehead atoms. The lowest BCUT2D eigenvalue weighted by Gasteiger charge is -1.98. The van der Waals surface area contributed by atoms with Crippen molar-refractivity contribution in [1.82, 2.24) is 5.32 Å². The van der Waals surface area contributed by atoms with Crippen molar-refractivity contribution < 1.29 is 9.90 Å². The molecule has 0 spiro atoms. The predicted octanol–water partition coefficient (Wildman–Crippen LogP) is 0.584. The Kier molecular flexibility index (Phi) is 8.09. The Balaban J connectivity index is 0.000000671. The Labute approximate surface area is 78.4 Å². The van der Waals surface area contributed by atoms with Crippen LogP contribution in [-0.2, 0) is 11.3 Å². The quantitative estimate of drug-likeness (QED) is 0.528. The molecule has 3 nitrogen and oxygen atoms in total. The summed E-state index contributed by atoms with van der Waals surface area (Å²) in [6, 6.07) is 9.99. The highest BCUT2D eigenvalue weighted by Gasteiger charge is 1.87. The van der Waals surface area contributed by atoms with Gasteiger partial charge in [0.15, 0.2) is 0 Å². The monoisotopic (exact) mass is 181 g/mol. The Bertz CT molecular complexity index is 211. The van der Waals surface area contributed by atoms with Gasteiger partial charge in [0.25, 0.3) is 0 Å². The van der Waals surface area contributed by atoms with Crippen molar-refractivity contribution in [2.24, 2.45) is 0 Å². The van der Waals surface area contributed by atoms with Gasteiger partial charge in [0, 0.05) is 13.7 Å². The first kappa shape index (κ1) is 11.8. The smallest absolute Gasteiger partial charge is 0.133 e. The summed E-state index contributed by atoms with van der Waals surface area (Å²) < 4.78 is 0. The lowest BCUT2D eigenvalue weighted by Crippen LogP contribution is -2.15. The Morgan fingerprint density at radius 2 is 1.92 bits per heavy atom. The first-order valence-corrected chi connectivity index (χ1v) is 4.06. The molecule has 0 saturated carbocycles. The minimum Gasteiger partial charge on any atom is -0.400 e. The van der Waals surface area contributed by atoms with E-state index in [1.54, 1.807) is 0 Å². The minimum absolute atomic E-state index is 0.425. The molecule has 1 rings (SSSR count). The van der Waals surface area contributed by atoms with Crippen molar-refractivity contribution in [3.63, 3.8) is 0 Å². The normalized spacial score (nSPS) is 8.46. The maximum atomic E-state index is 9.93. The maximum Gasteiger partial charge on any atom is 0.133 e. The van der Waals surface area contributed by atoms with Gasteiger partial charge < -0.3 is 15.2 Å². The van der Waals surface area contributed by atoms with Gasteiger partial charge in [-0.2, -0.15) is 0 Å². The van der Waals surface area contributed by atoms with E-state index in [1.807, 2.05) is 30.3 Å². The van der Waals surface area contributed by atoms with Crippen LogP contribution in [0.1, 0.15) is 5.56 Å². The van der Waals surface area contributed by atoms with Crippen molar-refractivity contribution in [1.29, 1.82) is 0 Å². The third-order valence-electron chi connectivity index (χ3n) is 1.40. The van der Waals surface area contributed by atoms with E-state index in [4.69, 9.17) is 5.11 Å². The van der Waals surface area contributed by atoms with Gasteiger partial charge in [0.2, 0.25) is 0 Å². The van der Waals surface area contributed by atoms with Crippen molar-refractivity contribution in [2.45, 2.75) is 6.54 Å². The molecule has 0 aromatic heterocycles. The zero-order chi connectivity index (χ0) is 9.94. The number of hydrogen-bond acceptors (Lipinski definition) is 3. The van der Waals surface area contributed by atoms with Gasteiger partial charge in [0.1, 0.15) is 6.29 Å². The molecule has 1 aromatic carbocycles. The van der Waals surface area contributed by atoms with Gasteiger partial charge >= 0.3 is 0 Å². The van der Waals surface area contributed by atoms with Crippen LogP contribution in [0.3, 0.4) is 0 Å². The first-order valence-electron chi connectivity index (χ1n) is 4.06. The predicted molar refractivity (Wildman–Crippen MR) is 52.4 cm³/mol. The van der Waals surface area contributed by atoms with Crippen LogP contribution in [-0.4, -0.2) is 25.0 Å². The molecule has 0 amide bonds. The van der Waals surface area contributed by atoms with Gasteiger partial charge in [-0.3, -0.25) is 0 Å². The second-order valence-corrected chi connectivity index (χ2v) is 2.28. The highest BCUT2D eigenvalue weighted by Crippen LogP contribution is 1.96. The van der Waals surface area contributed by atoms with Gasteiger partial charge in [0.05, 0.1) is 6.54 Å². The Morgan fingerprint density at radius 3 is 2.46 bits per heavy atom. The highest BCUT2D eigenvalue weighted by molar-refractivity contribution is 5.51. The fourth-order valence-corrected chi connectivity index (χ4v) is 0.871. The third-order valence-corrected chi connectivity index (χ3v) is 1.40. The lowest BCUT2D eigenvalue weighted by atomic mass is 10.2. The summed E-state index contributed by atoms with van der Waals surface area (Å²) in [5.41, 5.74) is 1.20. The van der Waals surface area contributed by atoms with E-state index < -0.39 is 0 Å². The van der Waals surface area contributed by atoms with Crippen molar-refractivity contribution >= 4 is 6.29 Å². The molecule has 13 heavy (non-hydrogen) atoms. The molecular weight excluding hydrogens is 166 g/mol.